The molecule has 0 saturated heterocycles. The van der Waals surface area contributed by atoms with Gasteiger partial charge in [0.05, 0.1) is 14.8 Å². The summed E-state index contributed by atoms with van der Waals surface area (Å²) in [5.41, 5.74) is 8.59. The minimum Gasteiger partial charge on any atom is -0.390 e. The van der Waals surface area contributed by atoms with Gasteiger partial charge >= 0.3 is 0 Å². The van der Waals surface area contributed by atoms with Gasteiger partial charge in [0.15, 0.2) is 5.78 Å². The molecule has 0 amide bonds. The average Bonchev–Trinajstić information content (AvgIpc) is 2.89. The summed E-state index contributed by atoms with van der Waals surface area (Å²) in [4.78, 5) is 12.4. The molecule has 0 atom stereocenters. The first kappa shape index (κ1) is 10.9. The van der Waals surface area contributed by atoms with E-state index < -0.39 is 0 Å². The van der Waals surface area contributed by atoms with Crippen LogP contribution in [-0.4, -0.2) is 11.5 Å². The van der Waals surface area contributed by atoms with E-state index in [2.05, 4.69) is 0 Å². The van der Waals surface area contributed by atoms with Crippen LogP contribution in [0.1, 0.15) is 21.5 Å². The van der Waals surface area contributed by atoms with Crippen LogP contribution >= 0.6 is 23.1 Å². The van der Waals surface area contributed by atoms with E-state index in [1.165, 1.54) is 4.21 Å². The number of rotatable bonds is 2. The second kappa shape index (κ2) is 4.20. The molecule has 2 aromatic rings. The first-order valence-electron chi connectivity index (χ1n) is 5.41. The van der Waals surface area contributed by atoms with E-state index in [0.29, 0.717) is 5.00 Å². The normalized spacial score (nSPS) is 13.6. The Kier molecular flexibility index (Phi) is 2.68. The van der Waals surface area contributed by atoms with Crippen molar-refractivity contribution in [1.82, 2.24) is 0 Å². The second-order valence-corrected chi connectivity index (χ2v) is 6.32. The minimum atomic E-state index is 0.0584. The quantitative estimate of drug-likeness (QED) is 0.844. The molecular formula is C13H11NOS2. The minimum absolute atomic E-state index is 0.0584. The Morgan fingerprint density at radius 1 is 1.24 bits per heavy atom. The Balaban J connectivity index is 2.08. The number of benzene rings is 1. The maximum Gasteiger partial charge on any atom is 0.196 e. The van der Waals surface area contributed by atoms with Crippen molar-refractivity contribution < 1.29 is 4.79 Å². The third kappa shape index (κ3) is 1.77. The summed E-state index contributed by atoms with van der Waals surface area (Å²) in [6.07, 6.45) is 0.960. The summed E-state index contributed by atoms with van der Waals surface area (Å²) in [6, 6.07) is 9.35. The molecule has 0 bridgehead atoms. The van der Waals surface area contributed by atoms with Gasteiger partial charge in [-0.15, -0.1) is 23.1 Å². The van der Waals surface area contributed by atoms with Gasteiger partial charge in [-0.05, 0) is 12.0 Å². The van der Waals surface area contributed by atoms with E-state index in [0.717, 1.165) is 28.9 Å². The second-order valence-electron chi connectivity index (χ2n) is 3.90. The number of thioether (sulfide) groups is 1. The highest BCUT2D eigenvalue weighted by Crippen LogP contribution is 2.44. The predicted octanol–water partition coefficient (Wildman–Crippen LogP) is 3.21. The van der Waals surface area contributed by atoms with E-state index in [1.54, 1.807) is 23.1 Å². The van der Waals surface area contributed by atoms with Gasteiger partial charge in [-0.1, -0.05) is 30.3 Å². The van der Waals surface area contributed by atoms with E-state index in [-0.39, 0.29) is 5.78 Å². The van der Waals surface area contributed by atoms with Gasteiger partial charge < -0.3 is 5.73 Å². The summed E-state index contributed by atoms with van der Waals surface area (Å²) in [5.74, 6) is 1.12. The van der Waals surface area contributed by atoms with Crippen LogP contribution in [-0.2, 0) is 6.42 Å². The lowest BCUT2D eigenvalue weighted by atomic mass is 10.0. The molecule has 1 aliphatic rings. The molecule has 0 spiro atoms. The molecule has 86 valence electrons. The topological polar surface area (TPSA) is 43.1 Å². The van der Waals surface area contributed by atoms with Gasteiger partial charge in [0.2, 0.25) is 0 Å². The van der Waals surface area contributed by atoms with Crippen LogP contribution in [0.5, 0.6) is 0 Å². The molecule has 0 unspecified atom stereocenters. The molecule has 2 nitrogen and oxygen atoms in total. The fraction of sp³-hybridized carbons (Fsp3) is 0.154. The Hall–Kier alpha value is -1.26. The lowest BCUT2D eigenvalue weighted by molar-refractivity contribution is 0.103. The first-order chi connectivity index (χ1) is 8.27. The molecule has 0 radical (unpaired) electrons. The number of ketones is 1. The molecule has 1 aliphatic heterocycles. The lowest BCUT2D eigenvalue weighted by Gasteiger charge is -2.02. The molecule has 4 heteroatoms. The lowest BCUT2D eigenvalue weighted by Crippen LogP contribution is -2.05. The number of carbonyl (C=O) groups excluding carboxylic acids is 1. The number of hydrogen-bond acceptors (Lipinski definition) is 4. The van der Waals surface area contributed by atoms with Crippen molar-refractivity contribution in [2.24, 2.45) is 0 Å². The molecule has 1 aromatic carbocycles. The summed E-state index contributed by atoms with van der Waals surface area (Å²) < 4.78 is 1.22. The number of hydrogen-bond donors (Lipinski definition) is 1. The molecule has 2 heterocycles. The molecule has 2 N–H and O–H groups in total. The average molecular weight is 261 g/mol. The fourth-order valence-corrected chi connectivity index (χ4v) is 4.51. The van der Waals surface area contributed by atoms with Crippen LogP contribution in [0.25, 0.3) is 0 Å². The van der Waals surface area contributed by atoms with Gasteiger partial charge in [-0.25, -0.2) is 0 Å². The van der Waals surface area contributed by atoms with Crippen molar-refractivity contribution in [1.29, 1.82) is 0 Å². The number of carbonyl (C=O) groups is 1. The maximum atomic E-state index is 12.4. The van der Waals surface area contributed by atoms with E-state index in [1.807, 2.05) is 30.3 Å². The number of anilines is 1. The van der Waals surface area contributed by atoms with Gasteiger partial charge in [-0.2, -0.15) is 0 Å². The largest absolute Gasteiger partial charge is 0.390 e. The van der Waals surface area contributed by atoms with Crippen molar-refractivity contribution in [3.8, 4) is 0 Å². The fourth-order valence-electron chi connectivity index (χ4n) is 2.04. The number of nitrogens with two attached hydrogens (primary N) is 1. The third-order valence-electron chi connectivity index (χ3n) is 2.85. The Bertz CT molecular complexity index is 575. The van der Waals surface area contributed by atoms with E-state index in [9.17, 15) is 4.79 Å². The zero-order valence-corrected chi connectivity index (χ0v) is 10.7. The smallest absolute Gasteiger partial charge is 0.196 e. The van der Waals surface area contributed by atoms with Crippen LogP contribution in [0.2, 0.25) is 0 Å². The van der Waals surface area contributed by atoms with Crippen molar-refractivity contribution in [2.45, 2.75) is 10.6 Å². The van der Waals surface area contributed by atoms with Crippen molar-refractivity contribution in [3.63, 3.8) is 0 Å². The van der Waals surface area contributed by atoms with Crippen molar-refractivity contribution >= 4 is 33.9 Å². The molecule has 0 saturated carbocycles. The highest BCUT2D eigenvalue weighted by Gasteiger charge is 2.26. The number of fused-ring (bicyclic) bond motifs is 1. The van der Waals surface area contributed by atoms with Crippen LogP contribution in [0.3, 0.4) is 0 Å². The Morgan fingerprint density at radius 3 is 2.76 bits per heavy atom. The molecule has 0 fully saturated rings. The van der Waals surface area contributed by atoms with Crippen molar-refractivity contribution in [2.75, 3.05) is 11.5 Å². The summed E-state index contributed by atoms with van der Waals surface area (Å²) >= 11 is 3.35. The standard InChI is InChI=1S/C13H11NOS2/c14-12-10(9-6-7-16-13(9)17-12)11(15)8-4-2-1-3-5-8/h1-5H,6-7,14H2. The van der Waals surface area contributed by atoms with Gasteiger partial charge in [0.1, 0.15) is 0 Å². The predicted molar refractivity (Wildman–Crippen MR) is 73.0 cm³/mol. The maximum absolute atomic E-state index is 12.4. The third-order valence-corrected chi connectivity index (χ3v) is 5.22. The van der Waals surface area contributed by atoms with Gasteiger partial charge in [0.25, 0.3) is 0 Å². The molecule has 1 aromatic heterocycles. The first-order valence-corrected chi connectivity index (χ1v) is 7.21. The molecule has 17 heavy (non-hydrogen) atoms. The molecule has 0 aliphatic carbocycles. The Morgan fingerprint density at radius 2 is 2.00 bits per heavy atom. The molecular weight excluding hydrogens is 250 g/mol. The number of thiophene rings is 1. The number of nitrogen functional groups attached to an aromatic ring is 1. The summed E-state index contributed by atoms with van der Waals surface area (Å²) in [6.45, 7) is 0. The zero-order chi connectivity index (χ0) is 11.8. The molecule has 3 rings (SSSR count). The monoisotopic (exact) mass is 261 g/mol. The highest BCUT2D eigenvalue weighted by atomic mass is 32.2. The summed E-state index contributed by atoms with van der Waals surface area (Å²) in [5, 5.41) is 0.663. The van der Waals surface area contributed by atoms with Gasteiger partial charge in [-0.3, -0.25) is 4.79 Å². The van der Waals surface area contributed by atoms with Gasteiger partial charge in [0, 0.05) is 11.3 Å². The Labute approximate surface area is 108 Å². The SMILES string of the molecule is Nc1sc2c(c1C(=O)c1ccccc1)CCS2. The van der Waals surface area contributed by atoms with Crippen LogP contribution in [0.4, 0.5) is 5.00 Å². The van der Waals surface area contributed by atoms with Crippen molar-refractivity contribution in [3.05, 3.63) is 47.0 Å². The highest BCUT2D eigenvalue weighted by molar-refractivity contribution is 8.01. The van der Waals surface area contributed by atoms with Crippen LogP contribution in [0.15, 0.2) is 34.5 Å². The van der Waals surface area contributed by atoms with Crippen LogP contribution < -0.4 is 5.73 Å². The van der Waals surface area contributed by atoms with E-state index in [4.69, 9.17) is 5.73 Å². The zero-order valence-electron chi connectivity index (χ0n) is 9.10. The van der Waals surface area contributed by atoms with Crippen LogP contribution in [0, 0.1) is 0 Å². The summed E-state index contributed by atoms with van der Waals surface area (Å²) in [7, 11) is 0. The van der Waals surface area contributed by atoms with E-state index >= 15 is 0 Å².